The number of phosphoric ester groups is 1. The van der Waals surface area contributed by atoms with Gasteiger partial charge in [0.1, 0.15) is 0 Å². The lowest BCUT2D eigenvalue weighted by Crippen LogP contribution is -2.30. The Balaban J connectivity index is 4.28. The molecular formula is C8H19O5P. The maximum Gasteiger partial charge on any atom is 0.469 e. The van der Waals surface area contributed by atoms with Crippen LogP contribution in [0.3, 0.4) is 0 Å². The van der Waals surface area contributed by atoms with Crippen LogP contribution in [0.1, 0.15) is 26.7 Å². The van der Waals surface area contributed by atoms with Gasteiger partial charge in [-0.05, 0) is 12.8 Å². The Hall–Kier alpha value is 0.0700. The number of rotatable bonds is 7. The van der Waals surface area contributed by atoms with Gasteiger partial charge in [-0.3, -0.25) is 4.52 Å². The Kier molecular flexibility index (Phi) is 5.86. The molecule has 0 radical (unpaired) electrons. The van der Waals surface area contributed by atoms with E-state index in [1.165, 1.54) is 0 Å². The van der Waals surface area contributed by atoms with Crippen molar-refractivity contribution in [1.82, 2.24) is 0 Å². The average Bonchev–Trinajstić information content (AvgIpc) is 2.11. The van der Waals surface area contributed by atoms with Crippen molar-refractivity contribution in [2.75, 3.05) is 20.3 Å². The molecular weight excluding hydrogens is 207 g/mol. The molecule has 0 unspecified atom stereocenters. The van der Waals surface area contributed by atoms with Crippen LogP contribution >= 0.6 is 7.82 Å². The van der Waals surface area contributed by atoms with Crippen molar-refractivity contribution in [3.05, 3.63) is 0 Å². The second kappa shape index (κ2) is 5.83. The van der Waals surface area contributed by atoms with Crippen LogP contribution in [0.15, 0.2) is 0 Å². The highest BCUT2D eigenvalue weighted by Crippen LogP contribution is 2.40. The van der Waals surface area contributed by atoms with Gasteiger partial charge in [-0.2, -0.15) is 0 Å². The summed E-state index contributed by atoms with van der Waals surface area (Å²) in [5, 5.41) is 0. The molecule has 0 rings (SSSR count). The van der Waals surface area contributed by atoms with Crippen LogP contribution in [0.2, 0.25) is 0 Å². The maximum absolute atomic E-state index is 10.5. The van der Waals surface area contributed by atoms with Crippen LogP contribution < -0.4 is 0 Å². The standard InChI is InChI=1S/C8H19O5P/c1-4-8(5-2,6-12-3)7-13-14(9,10)11/h4-7H2,1-3H3,(H2,9,10,11). The van der Waals surface area contributed by atoms with Crippen LogP contribution in [0, 0.1) is 5.41 Å². The molecule has 86 valence electrons. The first-order valence-electron chi connectivity index (χ1n) is 4.58. The van der Waals surface area contributed by atoms with E-state index < -0.39 is 7.82 Å². The summed E-state index contributed by atoms with van der Waals surface area (Å²) >= 11 is 0. The topological polar surface area (TPSA) is 76.0 Å². The van der Waals surface area contributed by atoms with E-state index in [9.17, 15) is 4.57 Å². The van der Waals surface area contributed by atoms with E-state index in [0.717, 1.165) is 12.8 Å². The molecule has 0 fully saturated rings. The van der Waals surface area contributed by atoms with Gasteiger partial charge in [-0.1, -0.05) is 13.8 Å². The van der Waals surface area contributed by atoms with Crippen LogP contribution in [0.25, 0.3) is 0 Å². The van der Waals surface area contributed by atoms with Crippen LogP contribution in [0.4, 0.5) is 0 Å². The van der Waals surface area contributed by atoms with Crippen LogP contribution in [-0.2, 0) is 13.8 Å². The number of hydrogen-bond donors (Lipinski definition) is 2. The predicted octanol–water partition coefficient (Wildman–Crippen LogP) is 1.55. The molecule has 14 heavy (non-hydrogen) atoms. The van der Waals surface area contributed by atoms with Crippen LogP contribution in [-0.4, -0.2) is 30.1 Å². The summed E-state index contributed by atoms with van der Waals surface area (Å²) in [5.74, 6) is 0. The highest BCUT2D eigenvalue weighted by atomic mass is 31.2. The van der Waals surface area contributed by atoms with Gasteiger partial charge in [0.05, 0.1) is 13.2 Å². The summed E-state index contributed by atoms with van der Waals surface area (Å²) < 4.78 is 20.1. The average molecular weight is 226 g/mol. The smallest absolute Gasteiger partial charge is 0.384 e. The molecule has 0 saturated heterocycles. The number of methoxy groups -OCH3 is 1. The van der Waals surface area contributed by atoms with Gasteiger partial charge in [0.25, 0.3) is 0 Å². The SMILES string of the molecule is CCC(CC)(COC)COP(=O)(O)O. The Morgan fingerprint density at radius 2 is 1.71 bits per heavy atom. The third-order valence-corrected chi connectivity index (χ3v) is 2.95. The van der Waals surface area contributed by atoms with Crippen molar-refractivity contribution >= 4 is 7.82 Å². The molecule has 0 heterocycles. The lowest BCUT2D eigenvalue weighted by atomic mass is 9.84. The highest BCUT2D eigenvalue weighted by molar-refractivity contribution is 7.46. The first-order valence-corrected chi connectivity index (χ1v) is 6.11. The largest absolute Gasteiger partial charge is 0.469 e. The molecule has 5 nitrogen and oxygen atoms in total. The zero-order chi connectivity index (χ0) is 11.2. The molecule has 0 aliphatic heterocycles. The fourth-order valence-electron chi connectivity index (χ4n) is 1.23. The quantitative estimate of drug-likeness (QED) is 0.644. The highest BCUT2D eigenvalue weighted by Gasteiger charge is 2.30. The summed E-state index contributed by atoms with van der Waals surface area (Å²) in [4.78, 5) is 17.2. The van der Waals surface area contributed by atoms with E-state index in [0.29, 0.717) is 6.61 Å². The molecule has 2 N–H and O–H groups in total. The lowest BCUT2D eigenvalue weighted by Gasteiger charge is -2.30. The molecule has 0 aliphatic rings. The summed E-state index contributed by atoms with van der Waals surface area (Å²) in [7, 11) is -2.80. The predicted molar refractivity (Wildman–Crippen MR) is 52.9 cm³/mol. The molecule has 6 heteroatoms. The Bertz CT molecular complexity index is 196. The molecule has 0 spiro atoms. The fourth-order valence-corrected chi connectivity index (χ4v) is 1.67. The first-order chi connectivity index (χ1) is 6.39. The van der Waals surface area contributed by atoms with E-state index in [1.807, 2.05) is 13.8 Å². The van der Waals surface area contributed by atoms with E-state index in [1.54, 1.807) is 7.11 Å². The summed E-state index contributed by atoms with van der Waals surface area (Å²) in [6, 6.07) is 0. The van der Waals surface area contributed by atoms with Gasteiger partial charge >= 0.3 is 7.82 Å². The second-order valence-corrected chi connectivity index (χ2v) is 4.64. The first kappa shape index (κ1) is 14.1. The molecule has 0 saturated carbocycles. The third-order valence-electron chi connectivity index (χ3n) is 2.49. The van der Waals surface area contributed by atoms with Crippen molar-refractivity contribution in [3.63, 3.8) is 0 Å². The minimum absolute atomic E-state index is 0.0259. The minimum Gasteiger partial charge on any atom is -0.384 e. The molecule has 0 amide bonds. The van der Waals surface area contributed by atoms with E-state index >= 15 is 0 Å². The molecule has 0 atom stereocenters. The summed E-state index contributed by atoms with van der Waals surface area (Å²) in [6.45, 7) is 4.37. The normalized spacial score (nSPS) is 13.2. The second-order valence-electron chi connectivity index (χ2n) is 3.40. The van der Waals surface area contributed by atoms with Crippen molar-refractivity contribution in [2.24, 2.45) is 5.41 Å². The van der Waals surface area contributed by atoms with Crippen molar-refractivity contribution in [2.45, 2.75) is 26.7 Å². The zero-order valence-corrected chi connectivity index (χ0v) is 9.79. The molecule has 0 aromatic carbocycles. The van der Waals surface area contributed by atoms with Gasteiger partial charge in [-0.15, -0.1) is 0 Å². The van der Waals surface area contributed by atoms with Gasteiger partial charge in [-0.25, -0.2) is 4.57 Å². The Morgan fingerprint density at radius 1 is 1.21 bits per heavy atom. The number of hydrogen-bond acceptors (Lipinski definition) is 3. The van der Waals surface area contributed by atoms with E-state index in [4.69, 9.17) is 14.5 Å². The van der Waals surface area contributed by atoms with Gasteiger partial charge in [0.2, 0.25) is 0 Å². The zero-order valence-electron chi connectivity index (χ0n) is 8.89. The third kappa shape index (κ3) is 5.08. The van der Waals surface area contributed by atoms with E-state index in [-0.39, 0.29) is 12.0 Å². The van der Waals surface area contributed by atoms with Crippen molar-refractivity contribution < 1.29 is 23.6 Å². The number of phosphoric acid groups is 1. The van der Waals surface area contributed by atoms with E-state index in [2.05, 4.69) is 4.52 Å². The molecule has 0 bridgehead atoms. The van der Waals surface area contributed by atoms with Gasteiger partial charge < -0.3 is 14.5 Å². The molecule has 0 aliphatic carbocycles. The van der Waals surface area contributed by atoms with Gasteiger partial charge in [0, 0.05) is 12.5 Å². The Labute approximate surface area is 84.7 Å². The Morgan fingerprint density at radius 3 is 2.00 bits per heavy atom. The van der Waals surface area contributed by atoms with Gasteiger partial charge in [0.15, 0.2) is 0 Å². The number of ether oxygens (including phenoxy) is 1. The molecule has 0 aromatic rings. The fraction of sp³-hybridized carbons (Fsp3) is 1.00. The summed E-state index contributed by atoms with van der Waals surface area (Å²) in [6.07, 6.45) is 1.52. The minimum atomic E-state index is -4.37. The monoisotopic (exact) mass is 226 g/mol. The summed E-state index contributed by atoms with van der Waals surface area (Å²) in [5.41, 5.74) is -0.296. The van der Waals surface area contributed by atoms with Crippen molar-refractivity contribution in [3.8, 4) is 0 Å². The van der Waals surface area contributed by atoms with Crippen LogP contribution in [0.5, 0.6) is 0 Å². The maximum atomic E-state index is 10.5. The lowest BCUT2D eigenvalue weighted by molar-refractivity contribution is 0.0219. The molecule has 0 aromatic heterocycles. The van der Waals surface area contributed by atoms with Crippen molar-refractivity contribution in [1.29, 1.82) is 0 Å².